The Labute approximate surface area is 149 Å². The summed E-state index contributed by atoms with van der Waals surface area (Å²) in [5.41, 5.74) is 3.90. The van der Waals surface area contributed by atoms with Crippen LogP contribution in [0.5, 0.6) is 0 Å². The summed E-state index contributed by atoms with van der Waals surface area (Å²) >= 11 is 0. The number of likely N-dealkylation sites (tertiary alicyclic amines) is 1. The number of aryl methyl sites for hydroxylation is 1. The van der Waals surface area contributed by atoms with E-state index < -0.39 is 0 Å². The van der Waals surface area contributed by atoms with Gasteiger partial charge in [-0.1, -0.05) is 0 Å². The molecule has 4 heterocycles. The molecule has 2 aliphatic rings. The van der Waals surface area contributed by atoms with Gasteiger partial charge in [0.05, 0.1) is 12.2 Å². The molecular formula is C19H29N5O. The van der Waals surface area contributed by atoms with Crippen molar-refractivity contribution in [1.82, 2.24) is 24.1 Å². The molecule has 1 saturated heterocycles. The normalized spacial score (nSPS) is 21.8. The Hall–Kier alpha value is -1.63. The average molecular weight is 343 g/mol. The van der Waals surface area contributed by atoms with Gasteiger partial charge >= 0.3 is 0 Å². The molecule has 1 atom stereocenters. The summed E-state index contributed by atoms with van der Waals surface area (Å²) in [6.07, 6.45) is 5.52. The molecular weight excluding hydrogens is 314 g/mol. The number of aliphatic hydroxyl groups excluding tert-OH is 1. The molecule has 2 aliphatic heterocycles. The highest BCUT2D eigenvalue weighted by Gasteiger charge is 2.21. The average Bonchev–Trinajstić information content (AvgIpc) is 3.33. The molecule has 136 valence electrons. The molecule has 2 aromatic rings. The van der Waals surface area contributed by atoms with Crippen LogP contribution in [0.4, 0.5) is 0 Å². The van der Waals surface area contributed by atoms with Gasteiger partial charge in [-0.3, -0.25) is 9.58 Å². The van der Waals surface area contributed by atoms with Crippen molar-refractivity contribution in [3.63, 3.8) is 0 Å². The van der Waals surface area contributed by atoms with Crippen LogP contribution in [0.15, 0.2) is 24.5 Å². The molecule has 0 bridgehead atoms. The topological polar surface area (TPSA) is 49.5 Å². The van der Waals surface area contributed by atoms with Gasteiger partial charge in [-0.25, -0.2) is 0 Å². The second-order valence-corrected chi connectivity index (χ2v) is 7.54. The zero-order chi connectivity index (χ0) is 17.2. The SMILES string of the molecule is Cc1nn(CCN2CCC(CO)C2)cc1CN1CCn2cccc2C1. The van der Waals surface area contributed by atoms with Crippen LogP contribution in [0.3, 0.4) is 0 Å². The highest BCUT2D eigenvalue weighted by molar-refractivity contribution is 5.16. The van der Waals surface area contributed by atoms with Crippen molar-refractivity contribution in [1.29, 1.82) is 0 Å². The zero-order valence-electron chi connectivity index (χ0n) is 15.1. The minimum absolute atomic E-state index is 0.320. The molecule has 6 heteroatoms. The fourth-order valence-corrected chi connectivity index (χ4v) is 4.08. The lowest BCUT2D eigenvalue weighted by Crippen LogP contribution is -2.32. The molecule has 0 aliphatic carbocycles. The van der Waals surface area contributed by atoms with Gasteiger partial charge in [0.2, 0.25) is 0 Å². The van der Waals surface area contributed by atoms with Crippen LogP contribution in [0, 0.1) is 12.8 Å². The Morgan fingerprint density at radius 1 is 1.20 bits per heavy atom. The zero-order valence-corrected chi connectivity index (χ0v) is 15.1. The quantitative estimate of drug-likeness (QED) is 0.860. The second kappa shape index (κ2) is 7.32. The van der Waals surface area contributed by atoms with Gasteiger partial charge in [0.15, 0.2) is 0 Å². The lowest BCUT2D eigenvalue weighted by Gasteiger charge is -2.28. The molecule has 2 aromatic heterocycles. The Morgan fingerprint density at radius 3 is 2.96 bits per heavy atom. The van der Waals surface area contributed by atoms with E-state index in [2.05, 4.69) is 50.5 Å². The van der Waals surface area contributed by atoms with Crippen LogP contribution in [0.1, 0.15) is 23.4 Å². The van der Waals surface area contributed by atoms with Crippen LogP contribution in [0.2, 0.25) is 0 Å². The number of aliphatic hydroxyl groups is 1. The lowest BCUT2D eigenvalue weighted by atomic mass is 10.1. The number of aromatic nitrogens is 3. The summed E-state index contributed by atoms with van der Waals surface area (Å²) in [6, 6.07) is 4.36. The van der Waals surface area contributed by atoms with Crippen molar-refractivity contribution in [3.8, 4) is 0 Å². The maximum Gasteiger partial charge on any atom is 0.0638 e. The van der Waals surface area contributed by atoms with Crippen molar-refractivity contribution in [2.45, 2.75) is 39.5 Å². The van der Waals surface area contributed by atoms with Gasteiger partial charge in [-0.05, 0) is 37.9 Å². The van der Waals surface area contributed by atoms with Crippen LogP contribution in [0.25, 0.3) is 0 Å². The Balaban J connectivity index is 1.31. The molecule has 1 unspecified atom stereocenters. The standard InChI is InChI=1S/C19H29N5O/c1-16-18(12-22-7-9-23-5-2-3-19(23)14-22)13-24(20-16)10-8-21-6-4-17(11-21)15-25/h2-3,5,13,17,25H,4,6-12,14-15H2,1H3. The monoisotopic (exact) mass is 343 g/mol. The van der Waals surface area contributed by atoms with E-state index in [1.165, 1.54) is 11.3 Å². The largest absolute Gasteiger partial charge is 0.396 e. The van der Waals surface area contributed by atoms with Gasteiger partial charge in [-0.15, -0.1) is 0 Å². The first-order chi connectivity index (χ1) is 12.2. The Kier molecular flexibility index (Phi) is 4.92. The van der Waals surface area contributed by atoms with E-state index in [-0.39, 0.29) is 0 Å². The maximum atomic E-state index is 9.26. The fraction of sp³-hybridized carbons (Fsp3) is 0.632. The maximum absolute atomic E-state index is 9.26. The first-order valence-corrected chi connectivity index (χ1v) is 9.44. The summed E-state index contributed by atoms with van der Waals surface area (Å²) < 4.78 is 4.45. The molecule has 0 radical (unpaired) electrons. The van der Waals surface area contributed by atoms with Crippen molar-refractivity contribution in [3.05, 3.63) is 41.5 Å². The van der Waals surface area contributed by atoms with E-state index in [0.29, 0.717) is 12.5 Å². The molecule has 25 heavy (non-hydrogen) atoms. The molecule has 6 nitrogen and oxygen atoms in total. The summed E-state index contributed by atoms with van der Waals surface area (Å²) in [4.78, 5) is 4.95. The molecule has 1 fully saturated rings. The molecule has 4 rings (SSSR count). The minimum atomic E-state index is 0.320. The first-order valence-electron chi connectivity index (χ1n) is 9.44. The number of rotatable bonds is 6. The fourth-order valence-electron chi connectivity index (χ4n) is 4.08. The van der Waals surface area contributed by atoms with Gasteiger partial charge in [-0.2, -0.15) is 5.10 Å². The van der Waals surface area contributed by atoms with E-state index in [9.17, 15) is 5.11 Å². The number of hydrogen-bond donors (Lipinski definition) is 1. The number of nitrogens with zero attached hydrogens (tertiary/aromatic N) is 5. The van der Waals surface area contributed by atoms with Gasteiger partial charge in [0.1, 0.15) is 0 Å². The van der Waals surface area contributed by atoms with E-state index in [4.69, 9.17) is 5.10 Å². The second-order valence-electron chi connectivity index (χ2n) is 7.54. The smallest absolute Gasteiger partial charge is 0.0638 e. The van der Waals surface area contributed by atoms with Crippen LogP contribution < -0.4 is 0 Å². The molecule has 0 saturated carbocycles. The van der Waals surface area contributed by atoms with Crippen molar-refractivity contribution < 1.29 is 5.11 Å². The lowest BCUT2D eigenvalue weighted by molar-refractivity contribution is 0.212. The summed E-state index contributed by atoms with van der Waals surface area (Å²) in [6.45, 7) is 10.7. The summed E-state index contributed by atoms with van der Waals surface area (Å²) in [7, 11) is 0. The minimum Gasteiger partial charge on any atom is -0.396 e. The predicted octanol–water partition coefficient (Wildman–Crippen LogP) is 1.32. The Morgan fingerprint density at radius 2 is 2.12 bits per heavy atom. The van der Waals surface area contributed by atoms with E-state index in [0.717, 1.165) is 64.5 Å². The van der Waals surface area contributed by atoms with Crippen molar-refractivity contribution >= 4 is 0 Å². The summed E-state index contributed by atoms with van der Waals surface area (Å²) in [5.74, 6) is 0.466. The third-order valence-corrected chi connectivity index (χ3v) is 5.68. The highest BCUT2D eigenvalue weighted by Crippen LogP contribution is 2.18. The number of hydrogen-bond acceptors (Lipinski definition) is 4. The van der Waals surface area contributed by atoms with E-state index in [1.54, 1.807) is 0 Å². The molecule has 0 amide bonds. The van der Waals surface area contributed by atoms with Crippen molar-refractivity contribution in [2.24, 2.45) is 5.92 Å². The molecule has 0 spiro atoms. The highest BCUT2D eigenvalue weighted by atomic mass is 16.3. The Bertz CT molecular complexity index is 706. The van der Waals surface area contributed by atoms with Crippen molar-refractivity contribution in [2.75, 3.05) is 32.8 Å². The van der Waals surface area contributed by atoms with Crippen LogP contribution in [-0.4, -0.2) is 62.0 Å². The van der Waals surface area contributed by atoms with Gasteiger partial charge in [0.25, 0.3) is 0 Å². The summed E-state index contributed by atoms with van der Waals surface area (Å²) in [5, 5.41) is 14.0. The molecule has 1 N–H and O–H groups in total. The van der Waals surface area contributed by atoms with E-state index >= 15 is 0 Å². The van der Waals surface area contributed by atoms with Crippen LogP contribution in [-0.2, 0) is 26.2 Å². The first kappa shape index (κ1) is 16.8. The number of fused-ring (bicyclic) bond motifs is 1. The third-order valence-electron chi connectivity index (χ3n) is 5.68. The van der Waals surface area contributed by atoms with Crippen LogP contribution >= 0.6 is 0 Å². The van der Waals surface area contributed by atoms with Gasteiger partial charge in [0, 0.05) is 69.5 Å². The third kappa shape index (κ3) is 3.81. The molecule has 0 aromatic carbocycles. The van der Waals surface area contributed by atoms with E-state index in [1.807, 2.05) is 0 Å². The van der Waals surface area contributed by atoms with Gasteiger partial charge < -0.3 is 14.6 Å². The predicted molar refractivity (Wildman–Crippen MR) is 97.1 cm³/mol.